The van der Waals surface area contributed by atoms with E-state index in [1.54, 1.807) is 0 Å². The number of halogens is 15. The number of carbonyl (C=O) groups is 2. The lowest BCUT2D eigenvalue weighted by atomic mass is 9.91. The minimum absolute atomic E-state index is 2.27. The Bertz CT molecular complexity index is 634. The number of esters is 1. The van der Waals surface area contributed by atoms with Crippen molar-refractivity contribution in [2.24, 2.45) is 0 Å². The van der Waals surface area contributed by atoms with E-state index in [0.717, 1.165) is 0 Å². The predicted octanol–water partition coefficient (Wildman–Crippen LogP) is 4.58. The van der Waals surface area contributed by atoms with Gasteiger partial charge < -0.3 is 9.84 Å². The number of hydrogen-bond donors (Lipinski definition) is 1. The van der Waals surface area contributed by atoms with Crippen LogP contribution in [-0.2, 0) is 9.53 Å². The van der Waals surface area contributed by atoms with Crippen molar-refractivity contribution in [1.29, 1.82) is 0 Å². The van der Waals surface area contributed by atoms with Gasteiger partial charge in [-0.05, 0) is 0 Å². The lowest BCUT2D eigenvalue weighted by Gasteiger charge is -2.40. The monoisotopic (exact) mass is 458 g/mol. The quantitative estimate of drug-likeness (QED) is 0.360. The first-order chi connectivity index (χ1) is 11.8. The van der Waals surface area contributed by atoms with Gasteiger partial charge in [-0.15, -0.1) is 0 Å². The third-order valence-electron chi connectivity index (χ3n) is 2.76. The van der Waals surface area contributed by atoms with Crippen LogP contribution in [0.1, 0.15) is 0 Å². The van der Waals surface area contributed by atoms with E-state index in [-0.39, 0.29) is 0 Å². The van der Waals surface area contributed by atoms with Gasteiger partial charge in [0.1, 0.15) is 0 Å². The van der Waals surface area contributed by atoms with E-state index in [1.165, 1.54) is 0 Å². The van der Waals surface area contributed by atoms with E-state index in [2.05, 4.69) is 4.74 Å². The minimum Gasteiger partial charge on any atom is -0.449 e. The molecule has 166 valence electrons. The average molecular weight is 458 g/mol. The summed E-state index contributed by atoms with van der Waals surface area (Å²) in [5.41, 5.74) is 0. The zero-order chi connectivity index (χ0) is 23.4. The smallest absolute Gasteiger partial charge is 0.449 e. The van der Waals surface area contributed by atoms with Gasteiger partial charge in [0.05, 0.1) is 0 Å². The van der Waals surface area contributed by atoms with Crippen molar-refractivity contribution in [1.82, 2.24) is 0 Å². The first kappa shape index (κ1) is 25.9. The van der Waals surface area contributed by atoms with Gasteiger partial charge in [-0.3, -0.25) is 0 Å². The Morgan fingerprint density at radius 2 is 0.821 bits per heavy atom. The van der Waals surface area contributed by atoms with Crippen LogP contribution in [0.3, 0.4) is 0 Å². The zero-order valence-corrected chi connectivity index (χ0v) is 11.8. The van der Waals surface area contributed by atoms with Crippen LogP contribution in [0.25, 0.3) is 0 Å². The number of alkyl halides is 15. The van der Waals surface area contributed by atoms with Crippen LogP contribution in [0.4, 0.5) is 70.7 Å². The number of ether oxygens (including phenoxy) is 1. The van der Waals surface area contributed by atoms with Crippen LogP contribution in [-0.4, -0.2) is 58.9 Å². The molecule has 0 amide bonds. The van der Waals surface area contributed by atoms with Gasteiger partial charge in [0, 0.05) is 0 Å². The molecule has 0 saturated heterocycles. The molecule has 0 rings (SSSR count). The molecule has 0 spiro atoms. The molecule has 1 N–H and O–H groups in total. The predicted molar refractivity (Wildman–Crippen MR) is 49.9 cm³/mol. The van der Waals surface area contributed by atoms with E-state index in [1.807, 2.05) is 0 Å². The number of carbonyl (C=O) groups excluding carboxylic acids is 1. The Balaban J connectivity index is 6.55. The average Bonchev–Trinajstić information content (AvgIpc) is 2.43. The molecule has 0 saturated carbocycles. The van der Waals surface area contributed by atoms with Gasteiger partial charge >= 0.3 is 53.8 Å². The summed E-state index contributed by atoms with van der Waals surface area (Å²) in [6, 6.07) is 0. The lowest BCUT2D eigenvalue weighted by Crippen LogP contribution is -2.73. The molecule has 0 aliphatic heterocycles. The van der Waals surface area contributed by atoms with Crippen molar-refractivity contribution in [3.8, 4) is 0 Å². The topological polar surface area (TPSA) is 63.6 Å². The summed E-state index contributed by atoms with van der Waals surface area (Å²) < 4.78 is 192. The standard InChI is InChI=1S/C9HF15O4/c10-3(11,1(25)28-2(26)27)4(12,13)5(14,15)6(16,17)7(18,19)8(20,21)9(22,23)24/h(H,26,27). The molecule has 0 atom stereocenters. The summed E-state index contributed by atoms with van der Waals surface area (Å²) in [6.45, 7) is 0. The highest BCUT2D eigenvalue weighted by Crippen LogP contribution is 2.62. The van der Waals surface area contributed by atoms with E-state index in [0.29, 0.717) is 0 Å². The summed E-state index contributed by atoms with van der Waals surface area (Å²) >= 11 is 0. The molecule has 0 aliphatic rings. The Morgan fingerprint density at radius 3 is 1.11 bits per heavy atom. The maximum absolute atomic E-state index is 13.1. The Hall–Kier alpha value is -2.11. The second kappa shape index (κ2) is 6.46. The number of carboxylic acid groups (broad SMARTS) is 1. The van der Waals surface area contributed by atoms with Crippen molar-refractivity contribution in [3.63, 3.8) is 0 Å². The van der Waals surface area contributed by atoms with Gasteiger partial charge in [0.15, 0.2) is 0 Å². The third kappa shape index (κ3) is 3.27. The second-order valence-corrected chi connectivity index (χ2v) is 4.60. The van der Waals surface area contributed by atoms with Crippen LogP contribution in [0.5, 0.6) is 0 Å². The molecule has 0 unspecified atom stereocenters. The van der Waals surface area contributed by atoms with Crippen molar-refractivity contribution in [2.75, 3.05) is 0 Å². The molecular weight excluding hydrogens is 457 g/mol. The normalized spacial score (nSPS) is 15.4. The van der Waals surface area contributed by atoms with E-state index < -0.39 is 53.8 Å². The zero-order valence-electron chi connectivity index (χ0n) is 11.8. The SMILES string of the molecule is O=C(O)OC(=O)C(F)(F)C(F)(F)C(F)(F)C(F)(F)C(F)(F)C(F)(F)C(F)(F)F. The first-order valence-corrected chi connectivity index (χ1v) is 5.62. The summed E-state index contributed by atoms with van der Waals surface area (Å²) in [4.78, 5) is 20.1. The molecule has 0 heterocycles. The van der Waals surface area contributed by atoms with Gasteiger partial charge in [-0.1, -0.05) is 0 Å². The molecule has 0 fully saturated rings. The fourth-order valence-corrected chi connectivity index (χ4v) is 1.24. The number of rotatable bonds is 6. The van der Waals surface area contributed by atoms with E-state index in [4.69, 9.17) is 5.11 Å². The molecule has 19 heteroatoms. The van der Waals surface area contributed by atoms with Crippen LogP contribution in [0, 0.1) is 0 Å². The van der Waals surface area contributed by atoms with Crippen LogP contribution < -0.4 is 0 Å². The highest BCUT2D eigenvalue weighted by Gasteiger charge is 2.94. The highest BCUT2D eigenvalue weighted by atomic mass is 19.4. The molecule has 0 bridgehead atoms. The van der Waals surface area contributed by atoms with Gasteiger partial charge in [-0.2, -0.15) is 65.9 Å². The first-order valence-electron chi connectivity index (χ1n) is 5.62. The molecule has 4 nitrogen and oxygen atoms in total. The summed E-state index contributed by atoms with van der Waals surface area (Å²) in [5, 5.41) is 7.70. The van der Waals surface area contributed by atoms with Crippen molar-refractivity contribution in [2.45, 2.75) is 41.7 Å². The maximum Gasteiger partial charge on any atom is 0.513 e. The minimum atomic E-state index is -8.57. The van der Waals surface area contributed by atoms with Crippen molar-refractivity contribution >= 4 is 12.1 Å². The van der Waals surface area contributed by atoms with Crippen LogP contribution >= 0.6 is 0 Å². The summed E-state index contributed by atoms with van der Waals surface area (Å²) in [6.07, 6.45) is -11.0. The lowest BCUT2D eigenvalue weighted by molar-refractivity contribution is -0.450. The highest BCUT2D eigenvalue weighted by molar-refractivity contribution is 5.87. The van der Waals surface area contributed by atoms with Gasteiger partial charge in [-0.25, -0.2) is 9.59 Å². The Labute approximate surface area is 140 Å². The molecule has 0 aromatic rings. The molecule has 0 aromatic carbocycles. The van der Waals surface area contributed by atoms with E-state index in [9.17, 15) is 75.4 Å². The number of hydrogen-bond acceptors (Lipinski definition) is 3. The van der Waals surface area contributed by atoms with Crippen LogP contribution in [0.15, 0.2) is 0 Å². The fraction of sp³-hybridized carbons (Fsp3) is 0.778. The second-order valence-electron chi connectivity index (χ2n) is 4.60. The Kier molecular flexibility index (Phi) is 5.97. The molecule has 0 aliphatic carbocycles. The van der Waals surface area contributed by atoms with Crippen molar-refractivity contribution in [3.05, 3.63) is 0 Å². The van der Waals surface area contributed by atoms with Crippen LogP contribution in [0.2, 0.25) is 0 Å². The molecule has 28 heavy (non-hydrogen) atoms. The Morgan fingerprint density at radius 1 is 0.536 bits per heavy atom. The third-order valence-corrected chi connectivity index (χ3v) is 2.76. The van der Waals surface area contributed by atoms with Gasteiger partial charge in [0.25, 0.3) is 0 Å². The molecular formula is C9HF15O4. The fourth-order valence-electron chi connectivity index (χ4n) is 1.24. The maximum atomic E-state index is 13.1. The summed E-state index contributed by atoms with van der Waals surface area (Å²) in [7, 11) is 0. The van der Waals surface area contributed by atoms with Crippen molar-refractivity contribution < 1.29 is 85.3 Å². The van der Waals surface area contributed by atoms with E-state index >= 15 is 0 Å². The largest absolute Gasteiger partial charge is 0.513 e. The molecule has 0 radical (unpaired) electrons. The summed E-state index contributed by atoms with van der Waals surface area (Å²) in [5.74, 6) is -53.5. The van der Waals surface area contributed by atoms with Gasteiger partial charge in [0.2, 0.25) is 0 Å². The molecule has 0 aromatic heterocycles.